The summed E-state index contributed by atoms with van der Waals surface area (Å²) >= 11 is 0. The second kappa shape index (κ2) is 17.0. The van der Waals surface area contributed by atoms with Gasteiger partial charge in [-0.3, -0.25) is 19.0 Å². The van der Waals surface area contributed by atoms with Crippen LogP contribution in [0.4, 0.5) is 0 Å². The predicted molar refractivity (Wildman–Crippen MR) is 98.2 cm³/mol. The molecule has 4 nitrogen and oxygen atoms in total. The van der Waals surface area contributed by atoms with Crippen molar-refractivity contribution in [2.75, 3.05) is 0 Å². The van der Waals surface area contributed by atoms with Gasteiger partial charge in [0, 0.05) is 34.8 Å². The van der Waals surface area contributed by atoms with Crippen LogP contribution in [0.25, 0.3) is 0 Å². The van der Waals surface area contributed by atoms with E-state index in [2.05, 4.69) is 23.3 Å². The first-order valence-corrected chi connectivity index (χ1v) is 10.8. The van der Waals surface area contributed by atoms with Crippen molar-refractivity contribution in [1.82, 2.24) is 9.44 Å². The molecule has 22 heavy (non-hydrogen) atoms. The molecule has 0 unspecified atom stereocenters. The van der Waals surface area contributed by atoms with Crippen LogP contribution in [0.1, 0.15) is 90.9 Å². The highest BCUT2D eigenvalue weighted by atomic mass is 33.1. The third kappa shape index (κ3) is 16.0. The summed E-state index contributed by atoms with van der Waals surface area (Å²) < 4.78 is 5.48. The van der Waals surface area contributed by atoms with Crippen molar-refractivity contribution >= 4 is 33.8 Å². The molecule has 0 aromatic heterocycles. The fourth-order valence-electron chi connectivity index (χ4n) is 2.01. The second-order valence-electron chi connectivity index (χ2n) is 5.55. The summed E-state index contributed by atoms with van der Waals surface area (Å²) in [6.45, 7) is 4.36. The fourth-order valence-corrected chi connectivity index (χ4v) is 3.30. The van der Waals surface area contributed by atoms with Crippen LogP contribution < -0.4 is 9.44 Å². The summed E-state index contributed by atoms with van der Waals surface area (Å²) in [7, 11) is 2.38. The van der Waals surface area contributed by atoms with E-state index in [-0.39, 0.29) is 11.8 Å². The van der Waals surface area contributed by atoms with Gasteiger partial charge in [0.25, 0.3) is 0 Å². The minimum Gasteiger partial charge on any atom is -0.290 e. The lowest BCUT2D eigenvalue weighted by Gasteiger charge is -2.05. The first-order valence-electron chi connectivity index (χ1n) is 8.60. The molecule has 0 atom stereocenters. The van der Waals surface area contributed by atoms with Crippen LogP contribution in [0.15, 0.2) is 0 Å². The van der Waals surface area contributed by atoms with Crippen molar-refractivity contribution in [1.29, 1.82) is 0 Å². The molecule has 0 bridgehead atoms. The van der Waals surface area contributed by atoms with Gasteiger partial charge >= 0.3 is 0 Å². The molecule has 0 rings (SSSR count). The lowest BCUT2D eigenvalue weighted by molar-refractivity contribution is -0.120. The molecule has 0 aromatic carbocycles. The third-order valence-electron chi connectivity index (χ3n) is 3.37. The van der Waals surface area contributed by atoms with Crippen LogP contribution in [-0.4, -0.2) is 11.8 Å². The molecule has 0 radical (unpaired) electrons. The Morgan fingerprint density at radius 3 is 1.36 bits per heavy atom. The van der Waals surface area contributed by atoms with Gasteiger partial charge in [0.2, 0.25) is 11.8 Å². The molecular weight excluding hydrogens is 316 g/mol. The van der Waals surface area contributed by atoms with Crippen LogP contribution >= 0.6 is 22.0 Å². The Morgan fingerprint density at radius 2 is 1.00 bits per heavy atom. The zero-order chi connectivity index (χ0) is 16.5. The molecule has 0 aliphatic rings. The average Bonchev–Trinajstić information content (AvgIpc) is 2.51. The molecule has 0 aliphatic heterocycles. The molecule has 0 aromatic rings. The van der Waals surface area contributed by atoms with Gasteiger partial charge in [-0.15, -0.1) is 0 Å². The van der Waals surface area contributed by atoms with Gasteiger partial charge < -0.3 is 0 Å². The first-order chi connectivity index (χ1) is 10.7. The number of carbonyl (C=O) groups excluding carboxylic acids is 2. The van der Waals surface area contributed by atoms with E-state index in [1.54, 1.807) is 0 Å². The van der Waals surface area contributed by atoms with Crippen molar-refractivity contribution in [2.45, 2.75) is 90.9 Å². The van der Waals surface area contributed by atoms with Crippen LogP contribution in [-0.2, 0) is 9.59 Å². The molecule has 130 valence electrons. The van der Waals surface area contributed by atoms with Crippen molar-refractivity contribution in [3.8, 4) is 0 Å². The van der Waals surface area contributed by atoms with Gasteiger partial charge in [-0.05, 0) is 12.8 Å². The Morgan fingerprint density at radius 1 is 0.636 bits per heavy atom. The van der Waals surface area contributed by atoms with E-state index < -0.39 is 0 Å². The van der Waals surface area contributed by atoms with Gasteiger partial charge in [-0.2, -0.15) is 0 Å². The van der Waals surface area contributed by atoms with E-state index in [0.717, 1.165) is 25.7 Å². The van der Waals surface area contributed by atoms with Crippen LogP contribution in [0.3, 0.4) is 0 Å². The highest BCUT2D eigenvalue weighted by Crippen LogP contribution is 2.14. The molecule has 0 fully saturated rings. The highest BCUT2D eigenvalue weighted by molar-refractivity contribution is 8.75. The average molecular weight is 349 g/mol. The molecule has 0 saturated heterocycles. The second-order valence-corrected chi connectivity index (χ2v) is 7.29. The number of rotatable bonds is 15. The topological polar surface area (TPSA) is 58.2 Å². The van der Waals surface area contributed by atoms with E-state index in [9.17, 15) is 9.59 Å². The van der Waals surface area contributed by atoms with Crippen molar-refractivity contribution < 1.29 is 9.59 Å². The lowest BCUT2D eigenvalue weighted by atomic mass is 10.1. The molecule has 0 heterocycles. The highest BCUT2D eigenvalue weighted by Gasteiger charge is 2.04. The van der Waals surface area contributed by atoms with Gasteiger partial charge in [0.15, 0.2) is 0 Å². The Kier molecular flexibility index (Phi) is 16.7. The Balaban J connectivity index is 3.32. The zero-order valence-corrected chi connectivity index (χ0v) is 15.8. The van der Waals surface area contributed by atoms with Crippen LogP contribution in [0.5, 0.6) is 0 Å². The number of nitrogens with one attached hydrogen (secondary N) is 2. The summed E-state index contributed by atoms with van der Waals surface area (Å²) in [6.07, 6.45) is 12.6. The SMILES string of the molecule is CCCCCCCC(=O)NSSNC(=O)CCCCCCC. The van der Waals surface area contributed by atoms with Gasteiger partial charge in [0.05, 0.1) is 0 Å². The van der Waals surface area contributed by atoms with E-state index in [0.29, 0.717) is 12.8 Å². The number of hydrogen-bond donors (Lipinski definition) is 2. The largest absolute Gasteiger partial charge is 0.290 e. The van der Waals surface area contributed by atoms with E-state index in [4.69, 9.17) is 0 Å². The summed E-state index contributed by atoms with van der Waals surface area (Å²) in [5, 5.41) is 0. The number of unbranched alkanes of at least 4 members (excludes halogenated alkanes) is 8. The third-order valence-corrected chi connectivity index (χ3v) is 4.82. The zero-order valence-electron chi connectivity index (χ0n) is 14.1. The number of carbonyl (C=O) groups is 2. The first kappa shape index (κ1) is 21.6. The molecule has 2 amide bonds. The lowest BCUT2D eigenvalue weighted by Crippen LogP contribution is -2.18. The van der Waals surface area contributed by atoms with Crippen molar-refractivity contribution in [3.05, 3.63) is 0 Å². The summed E-state index contributed by atoms with van der Waals surface area (Å²) in [5.41, 5.74) is 0. The van der Waals surface area contributed by atoms with Gasteiger partial charge in [-0.1, -0.05) is 65.2 Å². The quantitative estimate of drug-likeness (QED) is 0.244. The smallest absolute Gasteiger partial charge is 0.230 e. The van der Waals surface area contributed by atoms with Crippen molar-refractivity contribution in [2.24, 2.45) is 0 Å². The Bertz CT molecular complexity index is 261. The Labute approximate surface area is 144 Å². The summed E-state index contributed by atoms with van der Waals surface area (Å²) in [4.78, 5) is 23.1. The van der Waals surface area contributed by atoms with Crippen LogP contribution in [0, 0.1) is 0 Å². The van der Waals surface area contributed by atoms with Gasteiger partial charge in [-0.25, -0.2) is 0 Å². The van der Waals surface area contributed by atoms with Gasteiger partial charge in [0.1, 0.15) is 0 Å². The maximum atomic E-state index is 11.5. The summed E-state index contributed by atoms with van der Waals surface area (Å²) in [5.74, 6) is 0.0885. The monoisotopic (exact) mass is 348 g/mol. The maximum Gasteiger partial charge on any atom is 0.230 e. The maximum absolute atomic E-state index is 11.5. The standard InChI is InChI=1S/C16H32N2O2S2/c1-3-5-7-9-11-13-15(19)17-21-22-18-16(20)14-12-10-8-6-4-2/h3-14H2,1-2H3,(H,17,19)(H,18,20). The van der Waals surface area contributed by atoms with Crippen LogP contribution in [0.2, 0.25) is 0 Å². The minimum absolute atomic E-state index is 0.0443. The summed E-state index contributed by atoms with van der Waals surface area (Å²) in [6, 6.07) is 0. The molecule has 0 spiro atoms. The molecular formula is C16H32N2O2S2. The molecule has 6 heteroatoms. The van der Waals surface area contributed by atoms with E-state index >= 15 is 0 Å². The molecule has 0 aliphatic carbocycles. The minimum atomic E-state index is 0.0443. The molecule has 2 N–H and O–H groups in total. The van der Waals surface area contributed by atoms with E-state index in [1.165, 1.54) is 60.5 Å². The normalized spacial score (nSPS) is 10.5. The Hall–Kier alpha value is -0.360. The molecule has 0 saturated carbocycles. The number of hydrogen-bond acceptors (Lipinski definition) is 4. The number of amides is 2. The fraction of sp³-hybridized carbons (Fsp3) is 0.875. The predicted octanol–water partition coefficient (Wildman–Crippen LogP) is 5.15. The van der Waals surface area contributed by atoms with E-state index in [1.807, 2.05) is 0 Å². The van der Waals surface area contributed by atoms with Crippen molar-refractivity contribution in [3.63, 3.8) is 0 Å².